The zero-order valence-electron chi connectivity index (χ0n) is 26.8. The molecule has 2 aliphatic heterocycles. The first-order valence-electron chi connectivity index (χ1n) is 16.9. The molecule has 8 aromatic rings. The standard InChI is InChI=1S/C46H31OPSi/c47-48(35-29-27-32-15-7-8-17-34(32)31-35)41-25-13-11-23-39(41)46-45(44-38-22-10-9-16-33(38)28-30-42(44)48)40-24-12-14-26-43(40)49(46,36-18-3-1-4-19-36)37-20-5-2-6-21-37/h1-31H. The van der Waals surface area contributed by atoms with Crippen LogP contribution in [0.5, 0.6) is 0 Å². The highest BCUT2D eigenvalue weighted by Gasteiger charge is 2.54. The van der Waals surface area contributed by atoms with Gasteiger partial charge in [-0.15, -0.1) is 0 Å². The van der Waals surface area contributed by atoms with E-state index >= 15 is 4.57 Å². The predicted octanol–water partition coefficient (Wildman–Crippen LogP) is 7.93. The lowest BCUT2D eigenvalue weighted by atomic mass is 9.91. The van der Waals surface area contributed by atoms with Gasteiger partial charge < -0.3 is 4.57 Å². The molecule has 0 aromatic heterocycles. The van der Waals surface area contributed by atoms with Gasteiger partial charge >= 0.3 is 0 Å². The zero-order valence-corrected chi connectivity index (χ0v) is 28.6. The summed E-state index contributed by atoms with van der Waals surface area (Å²) in [5.41, 5.74) is 4.68. The average Bonchev–Trinajstić information content (AvgIpc) is 3.44. The lowest BCUT2D eigenvalue weighted by molar-refractivity contribution is 0.592. The van der Waals surface area contributed by atoms with Crippen LogP contribution in [0.2, 0.25) is 0 Å². The minimum absolute atomic E-state index is 0.872. The van der Waals surface area contributed by atoms with Crippen molar-refractivity contribution in [1.82, 2.24) is 0 Å². The van der Waals surface area contributed by atoms with E-state index in [-0.39, 0.29) is 0 Å². The fraction of sp³-hybridized carbons (Fsp3) is 0. The van der Waals surface area contributed by atoms with Crippen molar-refractivity contribution in [2.75, 3.05) is 0 Å². The van der Waals surface area contributed by atoms with Crippen molar-refractivity contribution in [3.05, 3.63) is 205 Å². The number of hydrogen-bond donors (Lipinski definition) is 0. The van der Waals surface area contributed by atoms with Gasteiger partial charge in [0, 0.05) is 21.5 Å². The highest BCUT2D eigenvalue weighted by molar-refractivity contribution is 7.85. The first-order chi connectivity index (χ1) is 24.2. The number of hydrogen-bond acceptors (Lipinski definition) is 1. The second-order valence-electron chi connectivity index (χ2n) is 13.1. The van der Waals surface area contributed by atoms with Gasteiger partial charge in [-0.05, 0) is 71.1 Å². The maximum atomic E-state index is 16.8. The minimum Gasteiger partial charge on any atom is -0.309 e. The Bertz CT molecular complexity index is 2650. The Morgan fingerprint density at radius 1 is 0.429 bits per heavy atom. The molecule has 0 aliphatic carbocycles. The lowest BCUT2D eigenvalue weighted by Crippen LogP contribution is -2.67. The van der Waals surface area contributed by atoms with Gasteiger partial charge in [0.25, 0.3) is 0 Å². The highest BCUT2D eigenvalue weighted by Crippen LogP contribution is 2.55. The smallest absolute Gasteiger partial charge is 0.181 e. The Kier molecular flexibility index (Phi) is 6.24. The van der Waals surface area contributed by atoms with Crippen LogP contribution in [0.25, 0.3) is 32.3 Å². The summed E-state index contributed by atoms with van der Waals surface area (Å²) in [7, 11) is -6.38. The number of rotatable bonds is 3. The summed E-state index contributed by atoms with van der Waals surface area (Å²) in [5, 5.41) is 12.6. The van der Waals surface area contributed by atoms with Crippen molar-refractivity contribution >= 4 is 79.0 Å². The molecule has 0 spiro atoms. The van der Waals surface area contributed by atoms with Crippen molar-refractivity contribution in [2.24, 2.45) is 0 Å². The molecule has 2 heterocycles. The Labute approximate surface area is 287 Å². The normalized spacial score (nSPS) is 17.2. The Hall–Kier alpha value is -5.53. The molecule has 2 aliphatic rings. The van der Waals surface area contributed by atoms with E-state index in [1.165, 1.54) is 31.9 Å². The van der Waals surface area contributed by atoms with E-state index in [1.54, 1.807) is 0 Å². The van der Waals surface area contributed by atoms with Gasteiger partial charge in [-0.3, -0.25) is 0 Å². The summed E-state index contributed by atoms with van der Waals surface area (Å²) < 4.78 is 16.8. The third-order valence-corrected chi connectivity index (χ3v) is 18.8. The number of fused-ring (bicyclic) bond motifs is 9. The Morgan fingerprint density at radius 2 is 1.00 bits per heavy atom. The van der Waals surface area contributed by atoms with E-state index in [0.29, 0.717) is 0 Å². The summed E-state index contributed by atoms with van der Waals surface area (Å²) in [5.74, 6) is 0. The largest absolute Gasteiger partial charge is 0.309 e. The first-order valence-corrected chi connectivity index (χ1v) is 20.6. The third kappa shape index (κ3) is 3.85. The Morgan fingerprint density at radius 3 is 1.76 bits per heavy atom. The zero-order chi connectivity index (χ0) is 32.6. The molecule has 1 unspecified atom stereocenters. The van der Waals surface area contributed by atoms with Crippen LogP contribution in [0.1, 0.15) is 16.7 Å². The van der Waals surface area contributed by atoms with E-state index in [0.717, 1.165) is 48.6 Å². The maximum Gasteiger partial charge on any atom is 0.181 e. The van der Waals surface area contributed by atoms with Gasteiger partial charge in [0.1, 0.15) is 0 Å². The molecule has 0 saturated carbocycles. The van der Waals surface area contributed by atoms with Gasteiger partial charge in [0.2, 0.25) is 0 Å². The second kappa shape index (κ2) is 10.7. The van der Waals surface area contributed by atoms with Gasteiger partial charge in [-0.2, -0.15) is 0 Å². The summed E-state index contributed by atoms with van der Waals surface area (Å²) in [6, 6.07) is 67.8. The molecular formula is C46H31OPSi. The number of benzene rings is 8. The minimum atomic E-state index is -3.42. The van der Waals surface area contributed by atoms with E-state index in [9.17, 15) is 0 Å². The quantitative estimate of drug-likeness (QED) is 0.139. The second-order valence-corrected chi connectivity index (χ2v) is 19.5. The van der Waals surface area contributed by atoms with E-state index < -0.39 is 15.2 Å². The summed E-state index contributed by atoms with van der Waals surface area (Å²) in [6.07, 6.45) is 0. The van der Waals surface area contributed by atoms with Crippen molar-refractivity contribution in [2.45, 2.75) is 0 Å². The van der Waals surface area contributed by atoms with Gasteiger partial charge in [-0.25, -0.2) is 0 Å². The average molecular weight is 659 g/mol. The SMILES string of the molecule is O=P1(c2ccc3ccccc3c2)c2ccccc2C2=C(c3ccccc3[Si]2(c2ccccc2)c2ccccc2)c2c1ccc1ccccc21. The van der Waals surface area contributed by atoms with Crippen LogP contribution in [-0.4, -0.2) is 8.07 Å². The lowest BCUT2D eigenvalue weighted by Gasteiger charge is -2.34. The molecule has 3 heteroatoms. The fourth-order valence-corrected chi connectivity index (χ4v) is 17.3. The van der Waals surface area contributed by atoms with Crippen LogP contribution in [0, 0.1) is 0 Å². The monoisotopic (exact) mass is 658 g/mol. The van der Waals surface area contributed by atoms with Crippen molar-refractivity contribution in [3.8, 4) is 0 Å². The molecule has 0 radical (unpaired) electrons. The van der Waals surface area contributed by atoms with Gasteiger partial charge in [0.05, 0.1) is 0 Å². The van der Waals surface area contributed by atoms with E-state index in [4.69, 9.17) is 0 Å². The van der Waals surface area contributed by atoms with Crippen molar-refractivity contribution < 1.29 is 4.57 Å². The molecule has 1 nitrogen and oxygen atoms in total. The van der Waals surface area contributed by atoms with Crippen molar-refractivity contribution in [3.63, 3.8) is 0 Å². The molecule has 1 atom stereocenters. The molecule has 0 amide bonds. The molecular weight excluding hydrogens is 628 g/mol. The molecule has 10 rings (SSSR count). The maximum absolute atomic E-state index is 16.8. The highest BCUT2D eigenvalue weighted by atomic mass is 31.2. The van der Waals surface area contributed by atoms with E-state index in [2.05, 4.69) is 188 Å². The Balaban J connectivity index is 1.46. The summed E-state index contributed by atoms with van der Waals surface area (Å²) in [4.78, 5) is 0. The molecule has 0 saturated heterocycles. The van der Waals surface area contributed by atoms with E-state index in [1.807, 2.05) is 0 Å². The third-order valence-electron chi connectivity index (χ3n) is 10.7. The van der Waals surface area contributed by atoms with Crippen LogP contribution in [0.15, 0.2) is 188 Å². The predicted molar refractivity (Wildman–Crippen MR) is 211 cm³/mol. The molecule has 0 bridgehead atoms. The van der Waals surface area contributed by atoms with Gasteiger partial charge in [-0.1, -0.05) is 176 Å². The van der Waals surface area contributed by atoms with Crippen LogP contribution < -0.4 is 31.5 Å². The molecule has 8 aromatic carbocycles. The van der Waals surface area contributed by atoms with Crippen LogP contribution >= 0.6 is 7.14 Å². The van der Waals surface area contributed by atoms with Crippen LogP contribution in [0.4, 0.5) is 0 Å². The molecule has 49 heavy (non-hydrogen) atoms. The van der Waals surface area contributed by atoms with Crippen LogP contribution in [0.3, 0.4) is 0 Å². The molecule has 0 fully saturated rings. The molecule has 0 N–H and O–H groups in total. The summed E-state index contributed by atoms with van der Waals surface area (Å²) >= 11 is 0. The van der Waals surface area contributed by atoms with Gasteiger partial charge in [0.15, 0.2) is 15.2 Å². The molecule has 230 valence electrons. The first kappa shape index (κ1) is 28.5. The fourth-order valence-electron chi connectivity index (χ4n) is 8.75. The topological polar surface area (TPSA) is 17.1 Å². The summed E-state index contributed by atoms with van der Waals surface area (Å²) in [6.45, 7) is 0. The van der Waals surface area contributed by atoms with Crippen LogP contribution in [-0.2, 0) is 4.57 Å². The van der Waals surface area contributed by atoms with Crippen molar-refractivity contribution in [1.29, 1.82) is 0 Å².